The summed E-state index contributed by atoms with van der Waals surface area (Å²) in [5.41, 5.74) is 2.73. The lowest BCUT2D eigenvalue weighted by Crippen LogP contribution is -2.19. The average molecular weight is 248 g/mol. The number of cyclic esters (lactones) is 2. The quantitative estimate of drug-likeness (QED) is 0.523. The van der Waals surface area contributed by atoms with Gasteiger partial charge in [-0.15, -0.1) is 11.3 Å². The van der Waals surface area contributed by atoms with E-state index in [1.807, 2.05) is 19.2 Å². The predicted molar refractivity (Wildman–Crippen MR) is 64.4 cm³/mol. The number of thiophene rings is 1. The molecule has 2 atom stereocenters. The van der Waals surface area contributed by atoms with Crippen molar-refractivity contribution in [3.63, 3.8) is 0 Å². The molecular weight excluding hydrogens is 236 g/mol. The minimum Gasteiger partial charge on any atom is -0.389 e. The smallest absolute Gasteiger partial charge is 0.342 e. The molecule has 17 heavy (non-hydrogen) atoms. The number of carbonyl (C=O) groups excluding carboxylic acids is 2. The van der Waals surface area contributed by atoms with Crippen LogP contribution in [-0.4, -0.2) is 11.9 Å². The van der Waals surface area contributed by atoms with E-state index in [0.717, 1.165) is 16.9 Å². The van der Waals surface area contributed by atoms with Crippen LogP contribution in [0.4, 0.5) is 0 Å². The standard InChI is InChI=1S/C13H12O3S/c1-6-5-8-3-4-17-11(8)7(2)10-9(6)12(14)16-13(10)15/h3-4,6,9H,5H2,1-2H3/t6-,9-/m1/s1. The van der Waals surface area contributed by atoms with E-state index in [1.165, 1.54) is 5.56 Å². The van der Waals surface area contributed by atoms with Crippen LogP contribution in [0.25, 0.3) is 5.57 Å². The number of hydrogen-bond donors (Lipinski definition) is 0. The van der Waals surface area contributed by atoms with Crippen LogP contribution in [0.1, 0.15) is 24.3 Å². The first-order chi connectivity index (χ1) is 8.09. The summed E-state index contributed by atoms with van der Waals surface area (Å²) in [4.78, 5) is 24.6. The fourth-order valence-corrected chi connectivity index (χ4v) is 3.73. The second-order valence-electron chi connectivity index (χ2n) is 4.68. The largest absolute Gasteiger partial charge is 0.389 e. The number of rotatable bonds is 0. The number of hydrogen-bond acceptors (Lipinski definition) is 4. The van der Waals surface area contributed by atoms with E-state index in [9.17, 15) is 9.59 Å². The number of carbonyl (C=O) groups is 2. The van der Waals surface area contributed by atoms with Gasteiger partial charge in [0.15, 0.2) is 0 Å². The summed E-state index contributed by atoms with van der Waals surface area (Å²) in [6, 6.07) is 2.08. The summed E-state index contributed by atoms with van der Waals surface area (Å²) in [6.45, 7) is 3.92. The van der Waals surface area contributed by atoms with Crippen LogP contribution in [0.5, 0.6) is 0 Å². The number of fused-ring (bicyclic) bond motifs is 2. The molecule has 0 amide bonds. The van der Waals surface area contributed by atoms with Crippen molar-refractivity contribution in [1.82, 2.24) is 0 Å². The van der Waals surface area contributed by atoms with Crippen molar-refractivity contribution in [3.8, 4) is 0 Å². The van der Waals surface area contributed by atoms with E-state index in [4.69, 9.17) is 4.74 Å². The number of esters is 2. The van der Waals surface area contributed by atoms with Gasteiger partial charge >= 0.3 is 11.9 Å². The Kier molecular flexibility index (Phi) is 2.23. The van der Waals surface area contributed by atoms with Gasteiger partial charge in [0.25, 0.3) is 0 Å². The average Bonchev–Trinajstić information content (AvgIpc) is 2.79. The fraction of sp³-hybridized carbons (Fsp3) is 0.385. The molecule has 0 saturated carbocycles. The summed E-state index contributed by atoms with van der Waals surface area (Å²) < 4.78 is 4.77. The van der Waals surface area contributed by atoms with Crippen LogP contribution < -0.4 is 0 Å². The summed E-state index contributed by atoms with van der Waals surface area (Å²) in [5, 5.41) is 2.03. The Balaban J connectivity index is 2.25. The molecule has 0 bridgehead atoms. The summed E-state index contributed by atoms with van der Waals surface area (Å²) in [5.74, 6) is -1.09. The molecule has 3 nitrogen and oxygen atoms in total. The van der Waals surface area contributed by atoms with Crippen molar-refractivity contribution >= 4 is 28.8 Å². The van der Waals surface area contributed by atoms with Gasteiger partial charge in [0.05, 0.1) is 11.5 Å². The van der Waals surface area contributed by atoms with Gasteiger partial charge in [0.2, 0.25) is 0 Å². The molecule has 0 aromatic carbocycles. The van der Waals surface area contributed by atoms with Gasteiger partial charge in [0.1, 0.15) is 0 Å². The van der Waals surface area contributed by atoms with Gasteiger partial charge < -0.3 is 4.74 Å². The lowest BCUT2D eigenvalue weighted by Gasteiger charge is -2.13. The molecule has 0 radical (unpaired) electrons. The van der Waals surface area contributed by atoms with Crippen LogP contribution in [-0.2, 0) is 20.7 Å². The Bertz CT molecular complexity index is 553. The van der Waals surface area contributed by atoms with Gasteiger partial charge in [-0.05, 0) is 41.8 Å². The van der Waals surface area contributed by atoms with Crippen LogP contribution >= 0.6 is 11.3 Å². The van der Waals surface area contributed by atoms with E-state index in [1.54, 1.807) is 11.3 Å². The molecule has 88 valence electrons. The highest BCUT2D eigenvalue weighted by Gasteiger charge is 2.45. The van der Waals surface area contributed by atoms with Crippen molar-refractivity contribution in [2.45, 2.75) is 20.3 Å². The summed E-state index contributed by atoms with van der Waals surface area (Å²) >= 11 is 1.62. The molecule has 0 spiro atoms. The van der Waals surface area contributed by atoms with E-state index in [0.29, 0.717) is 5.57 Å². The molecule has 1 aliphatic carbocycles. The molecule has 1 fully saturated rings. The van der Waals surface area contributed by atoms with Crippen LogP contribution in [0, 0.1) is 11.8 Å². The first kappa shape index (κ1) is 10.7. The maximum Gasteiger partial charge on any atom is 0.342 e. The van der Waals surface area contributed by atoms with Crippen molar-refractivity contribution < 1.29 is 14.3 Å². The first-order valence-corrected chi connectivity index (χ1v) is 6.51. The topological polar surface area (TPSA) is 43.4 Å². The van der Waals surface area contributed by atoms with E-state index in [-0.39, 0.29) is 17.8 Å². The van der Waals surface area contributed by atoms with Crippen molar-refractivity contribution in [1.29, 1.82) is 0 Å². The Morgan fingerprint density at radius 1 is 1.41 bits per heavy atom. The predicted octanol–water partition coefficient (Wildman–Crippen LogP) is 2.41. The second-order valence-corrected chi connectivity index (χ2v) is 5.60. The number of ether oxygens (including phenoxy) is 1. The molecule has 2 heterocycles. The van der Waals surface area contributed by atoms with Gasteiger partial charge in [-0.2, -0.15) is 0 Å². The highest BCUT2D eigenvalue weighted by atomic mass is 32.1. The highest BCUT2D eigenvalue weighted by Crippen LogP contribution is 2.42. The van der Waals surface area contributed by atoms with Crippen LogP contribution in [0.2, 0.25) is 0 Å². The SMILES string of the molecule is CC1=C2C(=O)OC(=O)[C@@H]2[C@H](C)Cc2ccsc21. The van der Waals surface area contributed by atoms with Crippen molar-refractivity contribution in [3.05, 3.63) is 27.5 Å². The molecular formula is C13H12O3S. The monoisotopic (exact) mass is 248 g/mol. The minimum absolute atomic E-state index is 0.120. The molecule has 2 aliphatic rings. The Hall–Kier alpha value is -1.42. The van der Waals surface area contributed by atoms with E-state index >= 15 is 0 Å². The zero-order chi connectivity index (χ0) is 12.2. The van der Waals surface area contributed by atoms with Crippen LogP contribution in [0.15, 0.2) is 17.0 Å². The van der Waals surface area contributed by atoms with Gasteiger partial charge in [-0.3, -0.25) is 4.79 Å². The number of allylic oxidation sites excluding steroid dienone is 1. The van der Waals surface area contributed by atoms with Crippen molar-refractivity contribution in [2.24, 2.45) is 11.8 Å². The molecule has 0 unspecified atom stereocenters. The second kappa shape index (κ2) is 3.53. The van der Waals surface area contributed by atoms with Crippen molar-refractivity contribution in [2.75, 3.05) is 0 Å². The normalized spacial score (nSPS) is 27.6. The molecule has 4 heteroatoms. The third kappa shape index (κ3) is 1.40. The van der Waals surface area contributed by atoms with E-state index in [2.05, 4.69) is 6.07 Å². The lowest BCUT2D eigenvalue weighted by molar-refractivity contribution is -0.153. The Morgan fingerprint density at radius 2 is 2.18 bits per heavy atom. The molecule has 3 rings (SSSR count). The summed E-state index contributed by atoms with van der Waals surface area (Å²) in [7, 11) is 0. The van der Waals surface area contributed by atoms with Gasteiger partial charge in [-0.1, -0.05) is 6.92 Å². The van der Waals surface area contributed by atoms with E-state index < -0.39 is 5.97 Å². The van der Waals surface area contributed by atoms with Crippen LogP contribution in [0.3, 0.4) is 0 Å². The van der Waals surface area contributed by atoms with Gasteiger partial charge in [0, 0.05) is 4.88 Å². The fourth-order valence-electron chi connectivity index (χ4n) is 2.77. The molecule has 1 aromatic heterocycles. The molecule has 1 aliphatic heterocycles. The maximum absolute atomic E-state index is 11.8. The zero-order valence-corrected chi connectivity index (χ0v) is 10.5. The highest BCUT2D eigenvalue weighted by molar-refractivity contribution is 7.11. The Labute approximate surface area is 103 Å². The third-order valence-corrected chi connectivity index (χ3v) is 4.66. The molecule has 1 aromatic rings. The van der Waals surface area contributed by atoms with Gasteiger partial charge in [-0.25, -0.2) is 4.79 Å². The maximum atomic E-state index is 11.8. The molecule has 1 saturated heterocycles. The minimum atomic E-state index is -0.453. The first-order valence-electron chi connectivity index (χ1n) is 5.63. The Morgan fingerprint density at radius 3 is 2.94 bits per heavy atom. The third-order valence-electron chi connectivity index (χ3n) is 3.58. The lowest BCUT2D eigenvalue weighted by atomic mass is 9.86. The zero-order valence-electron chi connectivity index (χ0n) is 9.65. The molecule has 0 N–H and O–H groups in total. The summed E-state index contributed by atoms with van der Waals surface area (Å²) in [6.07, 6.45) is 0.826.